The standard InChI is InChI=1S/C21H23N3OS/c1-14(16-6-8-21-20(11-16)22-13-26-21)24-9-3-4-17-10-19(23-15(2)25)7-5-18(17)12-24/h5-8,10-11,13-14H,3-4,9,12H2,1-2H3,(H,23,25). The number of nitrogens with one attached hydrogen (secondary N) is 1. The van der Waals surface area contributed by atoms with Crippen LogP contribution in [0.5, 0.6) is 0 Å². The average Bonchev–Trinajstić information content (AvgIpc) is 2.99. The van der Waals surface area contributed by atoms with Crippen molar-refractivity contribution in [2.75, 3.05) is 11.9 Å². The molecule has 2 heterocycles. The summed E-state index contributed by atoms with van der Waals surface area (Å²) in [6.45, 7) is 5.84. The van der Waals surface area contributed by atoms with Gasteiger partial charge in [-0.3, -0.25) is 9.69 Å². The van der Waals surface area contributed by atoms with E-state index in [0.29, 0.717) is 6.04 Å². The first-order chi connectivity index (χ1) is 12.6. The van der Waals surface area contributed by atoms with Crippen molar-refractivity contribution < 1.29 is 4.79 Å². The zero-order valence-corrected chi connectivity index (χ0v) is 16.0. The van der Waals surface area contributed by atoms with Crippen molar-refractivity contribution >= 4 is 33.1 Å². The minimum absolute atomic E-state index is 0.0220. The smallest absolute Gasteiger partial charge is 0.221 e. The lowest BCUT2D eigenvalue weighted by atomic mass is 10.0. The highest BCUT2D eigenvalue weighted by Crippen LogP contribution is 2.30. The van der Waals surface area contributed by atoms with E-state index in [1.54, 1.807) is 18.3 Å². The number of carbonyl (C=O) groups excluding carboxylic acids is 1. The van der Waals surface area contributed by atoms with Crippen molar-refractivity contribution in [1.82, 2.24) is 9.88 Å². The lowest BCUT2D eigenvalue weighted by molar-refractivity contribution is -0.114. The van der Waals surface area contributed by atoms with Gasteiger partial charge in [0.15, 0.2) is 0 Å². The van der Waals surface area contributed by atoms with E-state index in [4.69, 9.17) is 0 Å². The predicted octanol–water partition coefficient (Wildman–Crippen LogP) is 4.76. The van der Waals surface area contributed by atoms with Gasteiger partial charge in [0.25, 0.3) is 0 Å². The lowest BCUT2D eigenvalue weighted by Gasteiger charge is -2.28. The quantitative estimate of drug-likeness (QED) is 0.727. The average molecular weight is 366 g/mol. The van der Waals surface area contributed by atoms with Gasteiger partial charge >= 0.3 is 0 Å². The number of aromatic nitrogens is 1. The van der Waals surface area contributed by atoms with Gasteiger partial charge in [-0.15, -0.1) is 11.3 Å². The molecule has 0 radical (unpaired) electrons. The van der Waals surface area contributed by atoms with E-state index in [0.717, 1.165) is 37.1 Å². The van der Waals surface area contributed by atoms with Crippen LogP contribution in [0.15, 0.2) is 41.9 Å². The molecule has 1 aliphatic rings. The minimum atomic E-state index is -0.0220. The topological polar surface area (TPSA) is 45.2 Å². The molecule has 1 N–H and O–H groups in total. The molecular weight excluding hydrogens is 342 g/mol. The van der Waals surface area contributed by atoms with Crippen LogP contribution in [0, 0.1) is 0 Å². The van der Waals surface area contributed by atoms with Gasteiger partial charge in [-0.05, 0) is 67.3 Å². The molecule has 1 aromatic heterocycles. The van der Waals surface area contributed by atoms with Gasteiger partial charge in [-0.2, -0.15) is 0 Å². The summed E-state index contributed by atoms with van der Waals surface area (Å²) < 4.78 is 1.24. The number of nitrogens with zero attached hydrogens (tertiary/aromatic N) is 2. The van der Waals surface area contributed by atoms with E-state index in [1.165, 1.54) is 21.4 Å². The highest BCUT2D eigenvalue weighted by molar-refractivity contribution is 7.16. The number of hydrogen-bond donors (Lipinski definition) is 1. The van der Waals surface area contributed by atoms with Crippen molar-refractivity contribution in [3.05, 3.63) is 58.6 Å². The molecule has 1 aliphatic heterocycles. The fraction of sp³-hybridized carbons (Fsp3) is 0.333. The third-order valence-electron chi connectivity index (χ3n) is 5.18. The largest absolute Gasteiger partial charge is 0.326 e. The Kier molecular flexibility index (Phi) is 4.74. The van der Waals surface area contributed by atoms with Crippen LogP contribution in [-0.4, -0.2) is 22.3 Å². The SMILES string of the molecule is CC(=O)Nc1ccc2c(c1)CCCN(C(C)c1ccc3scnc3c1)C2. The van der Waals surface area contributed by atoms with Gasteiger partial charge < -0.3 is 5.32 Å². The van der Waals surface area contributed by atoms with Crippen LogP contribution < -0.4 is 5.32 Å². The van der Waals surface area contributed by atoms with Gasteiger partial charge in [0.05, 0.1) is 15.7 Å². The number of rotatable bonds is 3. The third-order valence-corrected chi connectivity index (χ3v) is 5.99. The van der Waals surface area contributed by atoms with Crippen LogP contribution in [0.4, 0.5) is 5.69 Å². The van der Waals surface area contributed by atoms with Gasteiger partial charge in [0.1, 0.15) is 0 Å². The molecule has 1 amide bonds. The summed E-state index contributed by atoms with van der Waals surface area (Å²) in [5.74, 6) is -0.0220. The molecule has 1 atom stereocenters. The number of benzene rings is 2. The van der Waals surface area contributed by atoms with E-state index in [9.17, 15) is 4.79 Å². The third kappa shape index (κ3) is 3.50. The van der Waals surface area contributed by atoms with Crippen molar-refractivity contribution in [1.29, 1.82) is 0 Å². The van der Waals surface area contributed by atoms with Crippen LogP contribution in [0.25, 0.3) is 10.2 Å². The summed E-state index contributed by atoms with van der Waals surface area (Å²) in [5, 5.41) is 2.89. The number of aryl methyl sites for hydroxylation is 1. The van der Waals surface area contributed by atoms with Crippen LogP contribution in [-0.2, 0) is 17.8 Å². The number of carbonyl (C=O) groups is 1. The second-order valence-electron chi connectivity index (χ2n) is 6.99. The van der Waals surface area contributed by atoms with E-state index < -0.39 is 0 Å². The Morgan fingerprint density at radius 3 is 2.96 bits per heavy atom. The monoisotopic (exact) mass is 365 g/mol. The summed E-state index contributed by atoms with van der Waals surface area (Å²) in [6.07, 6.45) is 2.18. The molecule has 0 saturated carbocycles. The van der Waals surface area contributed by atoms with Gasteiger partial charge in [-0.25, -0.2) is 4.98 Å². The summed E-state index contributed by atoms with van der Waals surface area (Å²) >= 11 is 1.69. The number of fused-ring (bicyclic) bond motifs is 2. The molecule has 2 aromatic carbocycles. The molecule has 26 heavy (non-hydrogen) atoms. The molecular formula is C21H23N3OS. The number of anilines is 1. The Labute approximate surface area is 157 Å². The van der Waals surface area contributed by atoms with Crippen molar-refractivity contribution in [2.45, 2.75) is 39.3 Å². The van der Waals surface area contributed by atoms with Crippen LogP contribution in [0.1, 0.15) is 43.0 Å². The fourth-order valence-corrected chi connectivity index (χ4v) is 4.40. The maximum atomic E-state index is 11.3. The normalized spacial score (nSPS) is 16.1. The summed E-state index contributed by atoms with van der Waals surface area (Å²) in [7, 11) is 0. The number of thiazole rings is 1. The Hall–Kier alpha value is -2.24. The number of hydrogen-bond acceptors (Lipinski definition) is 4. The first-order valence-electron chi connectivity index (χ1n) is 9.07. The maximum absolute atomic E-state index is 11.3. The van der Waals surface area contributed by atoms with Crippen LogP contribution >= 0.6 is 11.3 Å². The molecule has 0 bridgehead atoms. The zero-order valence-electron chi connectivity index (χ0n) is 15.2. The highest BCUT2D eigenvalue weighted by Gasteiger charge is 2.21. The second kappa shape index (κ2) is 7.17. The summed E-state index contributed by atoms with van der Waals surface area (Å²) in [5.41, 5.74) is 7.93. The molecule has 0 saturated heterocycles. The molecule has 0 aliphatic carbocycles. The Balaban J connectivity index is 1.57. The second-order valence-corrected chi connectivity index (χ2v) is 7.88. The lowest BCUT2D eigenvalue weighted by Crippen LogP contribution is -2.26. The van der Waals surface area contributed by atoms with Crippen molar-refractivity contribution in [2.24, 2.45) is 0 Å². The first kappa shape index (κ1) is 17.2. The minimum Gasteiger partial charge on any atom is -0.326 e. The molecule has 0 fully saturated rings. The van der Waals surface area contributed by atoms with E-state index in [1.807, 2.05) is 11.6 Å². The summed E-state index contributed by atoms with van der Waals surface area (Å²) in [6, 6.07) is 13.3. The summed E-state index contributed by atoms with van der Waals surface area (Å²) in [4.78, 5) is 18.3. The molecule has 5 heteroatoms. The first-order valence-corrected chi connectivity index (χ1v) is 9.95. The Morgan fingerprint density at radius 1 is 1.23 bits per heavy atom. The van der Waals surface area contributed by atoms with Gasteiger partial charge in [-0.1, -0.05) is 12.1 Å². The molecule has 4 nitrogen and oxygen atoms in total. The molecule has 1 unspecified atom stereocenters. The van der Waals surface area contributed by atoms with Crippen LogP contribution in [0.3, 0.4) is 0 Å². The van der Waals surface area contributed by atoms with E-state index in [2.05, 4.69) is 52.5 Å². The highest BCUT2D eigenvalue weighted by atomic mass is 32.1. The van der Waals surface area contributed by atoms with Crippen LogP contribution in [0.2, 0.25) is 0 Å². The van der Waals surface area contributed by atoms with Crippen molar-refractivity contribution in [3.63, 3.8) is 0 Å². The molecule has 0 spiro atoms. The molecule has 3 aromatic rings. The maximum Gasteiger partial charge on any atom is 0.221 e. The molecule has 134 valence electrons. The van der Waals surface area contributed by atoms with E-state index in [-0.39, 0.29) is 5.91 Å². The van der Waals surface area contributed by atoms with Gasteiger partial charge in [0.2, 0.25) is 5.91 Å². The fourth-order valence-electron chi connectivity index (χ4n) is 3.74. The van der Waals surface area contributed by atoms with E-state index >= 15 is 0 Å². The Bertz CT molecular complexity index is 949. The molecule has 4 rings (SSSR count). The Morgan fingerprint density at radius 2 is 2.12 bits per heavy atom. The predicted molar refractivity (Wildman–Crippen MR) is 108 cm³/mol. The zero-order chi connectivity index (χ0) is 18.1. The van der Waals surface area contributed by atoms with Gasteiger partial charge in [0, 0.05) is 25.2 Å². The van der Waals surface area contributed by atoms with Crippen molar-refractivity contribution in [3.8, 4) is 0 Å². The number of amides is 1.